The number of benzene rings is 1. The number of ether oxygens (including phenoxy) is 1. The normalized spacial score (nSPS) is 15.5. The highest BCUT2D eigenvalue weighted by Crippen LogP contribution is 2.18. The van der Waals surface area contributed by atoms with Gasteiger partial charge in [-0.3, -0.25) is 9.80 Å². The second-order valence-electron chi connectivity index (χ2n) is 8.08. The molecule has 31 heavy (non-hydrogen) atoms. The van der Waals surface area contributed by atoms with E-state index in [-0.39, 0.29) is 0 Å². The largest absolute Gasteiger partial charge is 0.486 e. The first-order chi connectivity index (χ1) is 15.2. The summed E-state index contributed by atoms with van der Waals surface area (Å²) in [6, 6.07) is 14.3. The molecule has 5 rings (SSSR count). The van der Waals surface area contributed by atoms with Gasteiger partial charge < -0.3 is 9.14 Å². The fourth-order valence-corrected chi connectivity index (χ4v) is 4.59. The van der Waals surface area contributed by atoms with Gasteiger partial charge in [-0.15, -0.1) is 11.3 Å². The summed E-state index contributed by atoms with van der Waals surface area (Å²) in [5.74, 6) is 0.893. The Kier molecular flexibility index (Phi) is 5.97. The Morgan fingerprint density at radius 1 is 0.903 bits per heavy atom. The standard InChI is InChI=1S/C24H27N5OS/c1-19-5-7-22(8-6-19)30-17-24-26-21(18-31-24)15-28-12-10-27(11-13-28)14-20-16-29-9-3-2-4-23(29)25-20/h2-9,16,18H,10-15,17H2,1H3. The first kappa shape index (κ1) is 20.2. The maximum atomic E-state index is 5.86. The van der Waals surface area contributed by atoms with Gasteiger partial charge >= 0.3 is 0 Å². The average Bonchev–Trinajstić information content (AvgIpc) is 3.41. The van der Waals surface area contributed by atoms with Gasteiger partial charge in [-0.25, -0.2) is 9.97 Å². The lowest BCUT2D eigenvalue weighted by molar-refractivity contribution is 0.120. The second-order valence-corrected chi connectivity index (χ2v) is 9.03. The van der Waals surface area contributed by atoms with Gasteiger partial charge in [-0.05, 0) is 31.2 Å². The van der Waals surface area contributed by atoms with E-state index in [2.05, 4.69) is 57.1 Å². The third-order valence-electron chi connectivity index (χ3n) is 5.63. The maximum Gasteiger partial charge on any atom is 0.140 e. The minimum absolute atomic E-state index is 0.528. The Hall–Kier alpha value is -2.74. The van der Waals surface area contributed by atoms with Crippen LogP contribution in [0.4, 0.5) is 0 Å². The molecule has 0 amide bonds. The van der Waals surface area contributed by atoms with Crippen molar-refractivity contribution in [3.8, 4) is 5.75 Å². The summed E-state index contributed by atoms with van der Waals surface area (Å²) in [6.45, 7) is 8.65. The van der Waals surface area contributed by atoms with Crippen molar-refractivity contribution in [2.45, 2.75) is 26.6 Å². The number of fused-ring (bicyclic) bond motifs is 1. The number of hydrogen-bond donors (Lipinski definition) is 0. The van der Waals surface area contributed by atoms with Gasteiger partial charge in [0.05, 0.1) is 11.4 Å². The molecular weight excluding hydrogens is 406 g/mol. The van der Waals surface area contributed by atoms with E-state index in [1.54, 1.807) is 11.3 Å². The fraction of sp³-hybridized carbons (Fsp3) is 0.333. The number of aryl methyl sites for hydroxylation is 1. The molecule has 0 atom stereocenters. The van der Waals surface area contributed by atoms with E-state index in [1.165, 1.54) is 5.56 Å². The number of pyridine rings is 1. The molecule has 160 valence electrons. The van der Waals surface area contributed by atoms with E-state index in [9.17, 15) is 0 Å². The van der Waals surface area contributed by atoms with Crippen LogP contribution in [0.15, 0.2) is 60.2 Å². The molecule has 0 spiro atoms. The molecule has 4 aromatic rings. The van der Waals surface area contributed by atoms with Crippen molar-refractivity contribution >= 4 is 17.0 Å². The highest BCUT2D eigenvalue weighted by molar-refractivity contribution is 7.09. The van der Waals surface area contributed by atoms with Gasteiger partial charge in [0.2, 0.25) is 0 Å². The molecule has 0 radical (unpaired) electrons. The van der Waals surface area contributed by atoms with E-state index in [1.807, 2.05) is 24.3 Å². The highest BCUT2D eigenvalue weighted by Gasteiger charge is 2.19. The Balaban J connectivity index is 1.08. The quantitative estimate of drug-likeness (QED) is 0.441. The van der Waals surface area contributed by atoms with Crippen LogP contribution in [0.25, 0.3) is 5.65 Å². The first-order valence-electron chi connectivity index (χ1n) is 10.7. The Labute approximate surface area is 186 Å². The van der Waals surface area contributed by atoms with E-state index >= 15 is 0 Å². The summed E-state index contributed by atoms with van der Waals surface area (Å²) < 4.78 is 7.95. The van der Waals surface area contributed by atoms with Crippen LogP contribution in [0.2, 0.25) is 0 Å². The molecule has 1 fully saturated rings. The van der Waals surface area contributed by atoms with Crippen LogP contribution in [0, 0.1) is 6.92 Å². The summed E-state index contributed by atoms with van der Waals surface area (Å²) >= 11 is 1.68. The summed E-state index contributed by atoms with van der Waals surface area (Å²) in [5, 5.41) is 3.19. The summed E-state index contributed by atoms with van der Waals surface area (Å²) in [6.07, 6.45) is 4.19. The smallest absolute Gasteiger partial charge is 0.140 e. The van der Waals surface area contributed by atoms with Crippen molar-refractivity contribution in [1.29, 1.82) is 0 Å². The topological polar surface area (TPSA) is 45.9 Å². The summed E-state index contributed by atoms with van der Waals surface area (Å²) in [4.78, 5) is 14.5. The SMILES string of the molecule is Cc1ccc(OCc2nc(CN3CCN(Cc4cn5ccccc5n4)CC3)cs2)cc1. The van der Waals surface area contributed by atoms with Crippen LogP contribution < -0.4 is 4.74 Å². The van der Waals surface area contributed by atoms with Gasteiger partial charge in [0.15, 0.2) is 0 Å². The Morgan fingerprint density at radius 2 is 1.65 bits per heavy atom. The molecule has 1 aliphatic rings. The molecule has 7 heteroatoms. The van der Waals surface area contributed by atoms with Crippen LogP contribution in [-0.4, -0.2) is 50.3 Å². The molecule has 1 aliphatic heterocycles. The predicted molar refractivity (Wildman–Crippen MR) is 123 cm³/mol. The number of hydrogen-bond acceptors (Lipinski definition) is 6. The van der Waals surface area contributed by atoms with E-state index < -0.39 is 0 Å². The van der Waals surface area contributed by atoms with Crippen molar-refractivity contribution in [1.82, 2.24) is 24.2 Å². The predicted octanol–water partition coefficient (Wildman–Crippen LogP) is 4.00. The zero-order valence-corrected chi connectivity index (χ0v) is 18.6. The minimum Gasteiger partial charge on any atom is -0.486 e. The Bertz CT molecular complexity index is 1100. The van der Waals surface area contributed by atoms with Crippen LogP contribution in [0.5, 0.6) is 5.75 Å². The molecular formula is C24H27N5OS. The fourth-order valence-electron chi connectivity index (χ4n) is 3.89. The van der Waals surface area contributed by atoms with Gasteiger partial charge in [0.1, 0.15) is 23.0 Å². The highest BCUT2D eigenvalue weighted by atomic mass is 32.1. The molecule has 0 aliphatic carbocycles. The molecule has 0 saturated carbocycles. The second kappa shape index (κ2) is 9.18. The van der Waals surface area contributed by atoms with Crippen LogP contribution in [0.1, 0.15) is 22.0 Å². The van der Waals surface area contributed by atoms with E-state index in [4.69, 9.17) is 14.7 Å². The first-order valence-corrected chi connectivity index (χ1v) is 11.6. The molecule has 0 unspecified atom stereocenters. The monoisotopic (exact) mass is 433 g/mol. The third-order valence-corrected chi connectivity index (χ3v) is 6.50. The maximum absolute atomic E-state index is 5.86. The molecule has 0 N–H and O–H groups in total. The van der Waals surface area contributed by atoms with Gasteiger partial charge in [0.25, 0.3) is 0 Å². The molecule has 4 heterocycles. The molecule has 3 aromatic heterocycles. The van der Waals surface area contributed by atoms with Crippen LogP contribution >= 0.6 is 11.3 Å². The molecule has 1 aromatic carbocycles. The number of piperazine rings is 1. The van der Waals surface area contributed by atoms with Crippen LogP contribution in [-0.2, 0) is 19.7 Å². The van der Waals surface area contributed by atoms with E-state index in [0.717, 1.165) is 67.1 Å². The van der Waals surface area contributed by atoms with Crippen LogP contribution in [0.3, 0.4) is 0 Å². The number of imidazole rings is 1. The van der Waals surface area contributed by atoms with Gasteiger partial charge in [-0.2, -0.15) is 0 Å². The molecule has 0 bridgehead atoms. The Morgan fingerprint density at radius 3 is 2.39 bits per heavy atom. The van der Waals surface area contributed by atoms with Crippen molar-refractivity contribution in [2.24, 2.45) is 0 Å². The lowest BCUT2D eigenvalue weighted by atomic mass is 10.2. The zero-order chi connectivity index (χ0) is 21.0. The van der Waals surface area contributed by atoms with E-state index in [0.29, 0.717) is 6.61 Å². The lowest BCUT2D eigenvalue weighted by Gasteiger charge is -2.33. The number of rotatable bonds is 7. The summed E-state index contributed by atoms with van der Waals surface area (Å²) in [5.41, 5.74) is 4.53. The van der Waals surface area contributed by atoms with Gasteiger partial charge in [-0.1, -0.05) is 23.8 Å². The molecule has 6 nitrogen and oxygen atoms in total. The number of nitrogens with zero attached hydrogens (tertiary/aromatic N) is 5. The zero-order valence-electron chi connectivity index (χ0n) is 17.8. The van der Waals surface area contributed by atoms with Crippen molar-refractivity contribution in [3.63, 3.8) is 0 Å². The third kappa shape index (κ3) is 5.12. The summed E-state index contributed by atoms with van der Waals surface area (Å²) in [7, 11) is 0. The lowest BCUT2D eigenvalue weighted by Crippen LogP contribution is -2.45. The molecule has 1 saturated heterocycles. The van der Waals surface area contributed by atoms with Crippen molar-refractivity contribution in [2.75, 3.05) is 26.2 Å². The minimum atomic E-state index is 0.528. The number of thiazole rings is 1. The van der Waals surface area contributed by atoms with Gasteiger partial charge in [0, 0.05) is 57.0 Å². The van der Waals surface area contributed by atoms with Crippen molar-refractivity contribution < 1.29 is 4.74 Å². The van der Waals surface area contributed by atoms with Crippen molar-refractivity contribution in [3.05, 3.63) is 82.2 Å². The number of aromatic nitrogens is 3. The average molecular weight is 434 g/mol.